The Hall–Kier alpha value is -0.820. The minimum Gasteiger partial charge on any atom is -0.324 e. The van der Waals surface area contributed by atoms with Crippen molar-refractivity contribution in [3.63, 3.8) is 0 Å². The number of carbonyl (C=O) groups is 1. The molecule has 8 heteroatoms. The predicted octanol–water partition coefficient (Wildman–Crippen LogP) is 3.38. The van der Waals surface area contributed by atoms with Crippen LogP contribution in [0.4, 0.5) is 5.69 Å². The first-order chi connectivity index (χ1) is 10.8. The van der Waals surface area contributed by atoms with Crippen LogP contribution in [0.1, 0.15) is 26.2 Å². The molecule has 1 N–H and O–H groups in total. The van der Waals surface area contributed by atoms with Crippen LogP contribution in [-0.4, -0.2) is 37.5 Å². The molecule has 0 aliphatic carbocycles. The van der Waals surface area contributed by atoms with E-state index in [0.29, 0.717) is 41.5 Å². The van der Waals surface area contributed by atoms with Crippen molar-refractivity contribution in [2.75, 3.05) is 24.2 Å². The summed E-state index contributed by atoms with van der Waals surface area (Å²) in [5.41, 5.74) is 0.481. The fourth-order valence-electron chi connectivity index (χ4n) is 2.62. The van der Waals surface area contributed by atoms with Crippen molar-refractivity contribution in [2.45, 2.75) is 26.2 Å². The summed E-state index contributed by atoms with van der Waals surface area (Å²) in [7, 11) is -3.28. The molecule has 0 saturated carbocycles. The molecule has 1 aromatic rings. The number of sulfonamides is 1. The van der Waals surface area contributed by atoms with Crippen LogP contribution in [0.3, 0.4) is 0 Å². The molecule has 23 heavy (non-hydrogen) atoms. The molecule has 0 spiro atoms. The van der Waals surface area contributed by atoms with E-state index in [9.17, 15) is 13.2 Å². The molecule has 1 heterocycles. The Labute approximate surface area is 147 Å². The standard InChI is InChI=1S/C15H20Cl2N2O3S/c1-2-8-23(21,22)19-7-3-4-11(10-19)15(20)18-14-6-5-12(16)9-13(14)17/h5-6,9,11H,2-4,7-8,10H2,1H3,(H,18,20). The molecule has 1 aliphatic rings. The molecule has 128 valence electrons. The van der Waals surface area contributed by atoms with Gasteiger partial charge < -0.3 is 5.32 Å². The molecule has 1 atom stereocenters. The van der Waals surface area contributed by atoms with Crippen LogP contribution >= 0.6 is 23.2 Å². The molecule has 0 radical (unpaired) electrons. The first-order valence-electron chi connectivity index (χ1n) is 7.57. The molecule has 1 aromatic carbocycles. The second-order valence-corrected chi connectivity index (χ2v) is 8.56. The van der Waals surface area contributed by atoms with E-state index in [1.807, 2.05) is 6.92 Å². The monoisotopic (exact) mass is 378 g/mol. The van der Waals surface area contributed by atoms with E-state index in [4.69, 9.17) is 23.2 Å². The highest BCUT2D eigenvalue weighted by molar-refractivity contribution is 7.89. The number of carbonyl (C=O) groups excluding carboxylic acids is 1. The lowest BCUT2D eigenvalue weighted by Crippen LogP contribution is -2.44. The van der Waals surface area contributed by atoms with Crippen molar-refractivity contribution in [3.05, 3.63) is 28.2 Å². The summed E-state index contributed by atoms with van der Waals surface area (Å²) in [6.45, 7) is 2.53. The zero-order valence-electron chi connectivity index (χ0n) is 12.9. The molecule has 5 nitrogen and oxygen atoms in total. The number of hydrogen-bond acceptors (Lipinski definition) is 3. The molecule has 1 amide bonds. The van der Waals surface area contributed by atoms with Crippen LogP contribution in [0.15, 0.2) is 18.2 Å². The van der Waals surface area contributed by atoms with E-state index in [2.05, 4.69) is 5.32 Å². The average molecular weight is 379 g/mol. The summed E-state index contributed by atoms with van der Waals surface area (Å²) in [4.78, 5) is 12.4. The quantitative estimate of drug-likeness (QED) is 0.853. The molecule has 0 aromatic heterocycles. The Kier molecular flexibility index (Phi) is 6.31. The van der Waals surface area contributed by atoms with E-state index >= 15 is 0 Å². The van der Waals surface area contributed by atoms with Gasteiger partial charge in [0.2, 0.25) is 15.9 Å². The number of rotatable bonds is 5. The van der Waals surface area contributed by atoms with Crippen LogP contribution in [-0.2, 0) is 14.8 Å². The third-order valence-electron chi connectivity index (χ3n) is 3.80. The van der Waals surface area contributed by atoms with E-state index in [1.54, 1.807) is 18.2 Å². The maximum Gasteiger partial charge on any atom is 0.228 e. The van der Waals surface area contributed by atoms with Gasteiger partial charge in [0, 0.05) is 18.1 Å². The van der Waals surface area contributed by atoms with Gasteiger partial charge in [-0.15, -0.1) is 0 Å². The van der Waals surface area contributed by atoms with Gasteiger partial charge in [0.1, 0.15) is 0 Å². The molecule has 1 unspecified atom stereocenters. The lowest BCUT2D eigenvalue weighted by Gasteiger charge is -2.31. The minimum atomic E-state index is -3.28. The predicted molar refractivity (Wildman–Crippen MR) is 93.5 cm³/mol. The van der Waals surface area contributed by atoms with Gasteiger partial charge in [-0.1, -0.05) is 30.1 Å². The highest BCUT2D eigenvalue weighted by atomic mass is 35.5. The number of halogens is 2. The van der Waals surface area contributed by atoms with E-state index in [0.717, 1.165) is 0 Å². The van der Waals surface area contributed by atoms with Gasteiger partial charge in [0.05, 0.1) is 22.4 Å². The van der Waals surface area contributed by atoms with Crippen LogP contribution < -0.4 is 5.32 Å². The Bertz CT molecular complexity index is 679. The number of benzene rings is 1. The Morgan fingerprint density at radius 2 is 2.13 bits per heavy atom. The van der Waals surface area contributed by atoms with Crippen LogP contribution in [0.2, 0.25) is 10.0 Å². The number of anilines is 1. The molecular formula is C15H20Cl2N2O3S. The SMILES string of the molecule is CCCS(=O)(=O)N1CCCC(C(=O)Nc2ccc(Cl)cc2Cl)C1. The lowest BCUT2D eigenvalue weighted by molar-refractivity contribution is -0.120. The Balaban J connectivity index is 2.05. The molecule has 1 aliphatic heterocycles. The van der Waals surface area contributed by atoms with Crippen LogP contribution in [0.5, 0.6) is 0 Å². The lowest BCUT2D eigenvalue weighted by atomic mass is 9.99. The summed E-state index contributed by atoms with van der Waals surface area (Å²) in [5, 5.41) is 3.61. The third kappa shape index (κ3) is 4.83. The molecule has 2 rings (SSSR count). The van der Waals surface area contributed by atoms with Crippen LogP contribution in [0.25, 0.3) is 0 Å². The van der Waals surface area contributed by atoms with Gasteiger partial charge in [-0.05, 0) is 37.5 Å². The minimum absolute atomic E-state index is 0.115. The van der Waals surface area contributed by atoms with Crippen molar-refractivity contribution in [1.82, 2.24) is 4.31 Å². The second kappa shape index (κ2) is 7.83. The molecule has 1 fully saturated rings. The maximum atomic E-state index is 12.4. The number of hydrogen-bond donors (Lipinski definition) is 1. The summed E-state index contributed by atoms with van der Waals surface area (Å²) in [6.07, 6.45) is 1.90. The van der Waals surface area contributed by atoms with Crippen molar-refractivity contribution < 1.29 is 13.2 Å². The van der Waals surface area contributed by atoms with Gasteiger partial charge in [-0.25, -0.2) is 12.7 Å². The fourth-order valence-corrected chi connectivity index (χ4v) is 4.67. The Morgan fingerprint density at radius 3 is 2.78 bits per heavy atom. The van der Waals surface area contributed by atoms with Gasteiger partial charge in [0.15, 0.2) is 0 Å². The normalized spacial score (nSPS) is 19.5. The van der Waals surface area contributed by atoms with Crippen molar-refractivity contribution in [2.24, 2.45) is 5.92 Å². The zero-order valence-corrected chi connectivity index (χ0v) is 15.2. The Morgan fingerprint density at radius 1 is 1.39 bits per heavy atom. The fraction of sp³-hybridized carbons (Fsp3) is 0.533. The van der Waals surface area contributed by atoms with Crippen molar-refractivity contribution in [1.29, 1.82) is 0 Å². The summed E-state index contributed by atoms with van der Waals surface area (Å²) in [6, 6.07) is 4.83. The average Bonchev–Trinajstić information content (AvgIpc) is 2.50. The first kappa shape index (κ1) is 18.5. The number of nitrogens with zero attached hydrogens (tertiary/aromatic N) is 1. The zero-order chi connectivity index (χ0) is 17.0. The highest BCUT2D eigenvalue weighted by Gasteiger charge is 2.32. The van der Waals surface area contributed by atoms with Crippen LogP contribution in [0, 0.1) is 5.92 Å². The van der Waals surface area contributed by atoms with Crippen molar-refractivity contribution in [3.8, 4) is 0 Å². The van der Waals surface area contributed by atoms with E-state index in [1.165, 1.54) is 4.31 Å². The van der Waals surface area contributed by atoms with Gasteiger partial charge in [-0.2, -0.15) is 0 Å². The van der Waals surface area contributed by atoms with Gasteiger partial charge in [-0.3, -0.25) is 4.79 Å². The largest absolute Gasteiger partial charge is 0.324 e. The first-order valence-corrected chi connectivity index (χ1v) is 9.93. The molecule has 0 bridgehead atoms. The van der Waals surface area contributed by atoms with Gasteiger partial charge in [0.25, 0.3) is 0 Å². The summed E-state index contributed by atoms with van der Waals surface area (Å²) >= 11 is 11.9. The van der Waals surface area contributed by atoms with E-state index in [-0.39, 0.29) is 24.1 Å². The number of nitrogens with one attached hydrogen (secondary N) is 1. The van der Waals surface area contributed by atoms with Crippen molar-refractivity contribution >= 4 is 44.8 Å². The summed E-state index contributed by atoms with van der Waals surface area (Å²) in [5.74, 6) is -0.475. The van der Waals surface area contributed by atoms with E-state index < -0.39 is 10.0 Å². The second-order valence-electron chi connectivity index (χ2n) is 5.63. The third-order valence-corrected chi connectivity index (χ3v) is 6.39. The number of amides is 1. The molecule has 1 saturated heterocycles. The maximum absolute atomic E-state index is 12.4. The summed E-state index contributed by atoms with van der Waals surface area (Å²) < 4.78 is 25.7. The molecular weight excluding hydrogens is 359 g/mol. The smallest absolute Gasteiger partial charge is 0.228 e. The number of piperidine rings is 1. The topological polar surface area (TPSA) is 66.5 Å². The van der Waals surface area contributed by atoms with Gasteiger partial charge >= 0.3 is 0 Å². The highest BCUT2D eigenvalue weighted by Crippen LogP contribution is 2.27.